The first-order chi connectivity index (χ1) is 14.7. The minimum atomic E-state index is -0.181. The monoisotopic (exact) mass is 394 g/mol. The minimum absolute atomic E-state index is 0.181. The molecule has 0 atom stereocenters. The predicted octanol–water partition coefficient (Wildman–Crippen LogP) is 4.65. The lowest BCUT2D eigenvalue weighted by Gasteiger charge is -2.08. The fourth-order valence-corrected chi connectivity index (χ4v) is 2.91. The molecular formula is C24H18N4O2. The number of aromatic nitrogens is 2. The summed E-state index contributed by atoms with van der Waals surface area (Å²) < 4.78 is 0. The van der Waals surface area contributed by atoms with Crippen molar-refractivity contribution in [1.29, 1.82) is 0 Å². The molecule has 2 aromatic heterocycles. The summed E-state index contributed by atoms with van der Waals surface area (Å²) in [5.74, 6) is -0.362. The fraction of sp³-hybridized carbons (Fsp3) is 0. The van der Waals surface area contributed by atoms with Crippen LogP contribution in [-0.4, -0.2) is 21.8 Å². The van der Waals surface area contributed by atoms with Crippen molar-refractivity contribution in [2.24, 2.45) is 0 Å². The molecule has 4 rings (SSSR count). The zero-order valence-electron chi connectivity index (χ0n) is 15.9. The highest BCUT2D eigenvalue weighted by molar-refractivity contribution is 6.05. The highest BCUT2D eigenvalue weighted by Gasteiger charge is 2.07. The molecule has 4 aromatic rings. The van der Waals surface area contributed by atoms with E-state index in [0.717, 1.165) is 11.1 Å². The van der Waals surface area contributed by atoms with E-state index in [9.17, 15) is 9.59 Å². The molecule has 6 heteroatoms. The Morgan fingerprint density at radius 2 is 0.833 bits per heavy atom. The minimum Gasteiger partial charge on any atom is -0.322 e. The number of hydrogen-bond acceptors (Lipinski definition) is 4. The van der Waals surface area contributed by atoms with Crippen LogP contribution >= 0.6 is 0 Å². The second-order valence-corrected chi connectivity index (χ2v) is 6.53. The SMILES string of the molecule is O=C(Nc1ccc(-c2ccc(NC(=O)c3ccncc3)cc2)cc1)c1ccncc1. The third-order valence-electron chi connectivity index (χ3n) is 4.50. The number of amides is 2. The molecule has 0 aliphatic heterocycles. The Hall–Kier alpha value is -4.32. The van der Waals surface area contributed by atoms with Crippen molar-refractivity contribution in [3.05, 3.63) is 109 Å². The van der Waals surface area contributed by atoms with E-state index in [2.05, 4.69) is 20.6 Å². The number of hydrogen-bond donors (Lipinski definition) is 2. The van der Waals surface area contributed by atoms with E-state index in [-0.39, 0.29) is 11.8 Å². The molecule has 2 amide bonds. The Morgan fingerprint density at radius 1 is 0.500 bits per heavy atom. The van der Waals surface area contributed by atoms with Crippen LogP contribution in [0, 0.1) is 0 Å². The summed E-state index contributed by atoms with van der Waals surface area (Å²) in [6.45, 7) is 0. The number of rotatable bonds is 5. The number of pyridine rings is 2. The van der Waals surface area contributed by atoms with Gasteiger partial charge in [0.2, 0.25) is 0 Å². The van der Waals surface area contributed by atoms with Crippen LogP contribution in [0.2, 0.25) is 0 Å². The highest BCUT2D eigenvalue weighted by atomic mass is 16.2. The van der Waals surface area contributed by atoms with Gasteiger partial charge < -0.3 is 10.6 Å². The largest absolute Gasteiger partial charge is 0.322 e. The first kappa shape index (κ1) is 19.0. The molecule has 0 saturated heterocycles. The number of carbonyl (C=O) groups is 2. The first-order valence-corrected chi connectivity index (χ1v) is 9.32. The molecular weight excluding hydrogens is 376 g/mol. The molecule has 0 saturated carbocycles. The number of nitrogens with zero attached hydrogens (tertiary/aromatic N) is 2. The summed E-state index contributed by atoms with van der Waals surface area (Å²) in [6.07, 6.45) is 6.34. The van der Waals surface area contributed by atoms with Gasteiger partial charge in [0.25, 0.3) is 11.8 Å². The number of carbonyl (C=O) groups excluding carboxylic acids is 2. The smallest absolute Gasteiger partial charge is 0.255 e. The van der Waals surface area contributed by atoms with Gasteiger partial charge in [-0.15, -0.1) is 0 Å². The van der Waals surface area contributed by atoms with Gasteiger partial charge in [-0.3, -0.25) is 19.6 Å². The van der Waals surface area contributed by atoms with Gasteiger partial charge in [-0.05, 0) is 59.7 Å². The Balaban J connectivity index is 1.41. The first-order valence-electron chi connectivity index (χ1n) is 9.32. The summed E-state index contributed by atoms with van der Waals surface area (Å²) in [5, 5.41) is 5.73. The Labute approximate surface area is 173 Å². The standard InChI is InChI=1S/C24H18N4O2/c29-23(19-9-13-25-14-10-19)27-21-5-1-17(2-6-21)18-3-7-22(8-4-18)28-24(30)20-11-15-26-16-12-20/h1-16H,(H,27,29)(H,28,30). The molecule has 0 aliphatic carbocycles. The van der Waals surface area contributed by atoms with Crippen molar-refractivity contribution in [3.63, 3.8) is 0 Å². The summed E-state index contributed by atoms with van der Waals surface area (Å²) in [6, 6.07) is 21.8. The molecule has 0 unspecified atom stereocenters. The maximum absolute atomic E-state index is 12.2. The highest BCUT2D eigenvalue weighted by Crippen LogP contribution is 2.23. The van der Waals surface area contributed by atoms with Crippen LogP contribution < -0.4 is 10.6 Å². The van der Waals surface area contributed by atoms with E-state index >= 15 is 0 Å². The van der Waals surface area contributed by atoms with Crippen LogP contribution in [0.25, 0.3) is 11.1 Å². The van der Waals surface area contributed by atoms with E-state index in [4.69, 9.17) is 0 Å². The molecule has 2 N–H and O–H groups in total. The Kier molecular flexibility index (Phi) is 5.57. The molecule has 6 nitrogen and oxygen atoms in total. The third kappa shape index (κ3) is 4.56. The lowest BCUT2D eigenvalue weighted by atomic mass is 10.0. The van der Waals surface area contributed by atoms with Gasteiger partial charge in [-0.1, -0.05) is 24.3 Å². The average Bonchev–Trinajstić information content (AvgIpc) is 2.81. The van der Waals surface area contributed by atoms with Gasteiger partial charge in [0.15, 0.2) is 0 Å². The molecule has 30 heavy (non-hydrogen) atoms. The Bertz CT molecular complexity index is 1050. The zero-order chi connectivity index (χ0) is 20.8. The normalized spacial score (nSPS) is 10.3. The van der Waals surface area contributed by atoms with Gasteiger partial charge >= 0.3 is 0 Å². The topological polar surface area (TPSA) is 84.0 Å². The molecule has 0 bridgehead atoms. The summed E-state index contributed by atoms with van der Waals surface area (Å²) >= 11 is 0. The molecule has 0 spiro atoms. The molecule has 0 fully saturated rings. The molecule has 0 radical (unpaired) electrons. The van der Waals surface area contributed by atoms with Gasteiger partial charge in [-0.25, -0.2) is 0 Å². The van der Waals surface area contributed by atoms with Crippen LogP contribution in [0.4, 0.5) is 11.4 Å². The molecule has 2 aromatic carbocycles. The van der Waals surface area contributed by atoms with E-state index in [1.54, 1.807) is 49.1 Å². The van der Waals surface area contributed by atoms with Crippen molar-refractivity contribution in [3.8, 4) is 11.1 Å². The second kappa shape index (κ2) is 8.79. The quantitative estimate of drug-likeness (QED) is 0.516. The third-order valence-corrected chi connectivity index (χ3v) is 4.50. The number of benzene rings is 2. The zero-order valence-corrected chi connectivity index (χ0v) is 15.9. The lowest BCUT2D eigenvalue weighted by Crippen LogP contribution is -2.11. The van der Waals surface area contributed by atoms with Crippen LogP contribution in [0.3, 0.4) is 0 Å². The summed E-state index contributed by atoms with van der Waals surface area (Å²) in [7, 11) is 0. The Morgan fingerprint density at radius 3 is 1.17 bits per heavy atom. The van der Waals surface area contributed by atoms with Gasteiger partial charge in [-0.2, -0.15) is 0 Å². The van der Waals surface area contributed by atoms with E-state index in [1.807, 2.05) is 48.5 Å². The lowest BCUT2D eigenvalue weighted by molar-refractivity contribution is 0.101. The van der Waals surface area contributed by atoms with E-state index in [1.165, 1.54) is 0 Å². The predicted molar refractivity (Wildman–Crippen MR) is 116 cm³/mol. The maximum Gasteiger partial charge on any atom is 0.255 e. The van der Waals surface area contributed by atoms with Crippen molar-refractivity contribution in [2.75, 3.05) is 10.6 Å². The molecule has 2 heterocycles. The van der Waals surface area contributed by atoms with Gasteiger partial charge in [0.05, 0.1) is 0 Å². The molecule has 0 aliphatic rings. The van der Waals surface area contributed by atoms with Crippen molar-refractivity contribution in [1.82, 2.24) is 9.97 Å². The van der Waals surface area contributed by atoms with Crippen LogP contribution in [-0.2, 0) is 0 Å². The molecule has 146 valence electrons. The van der Waals surface area contributed by atoms with E-state index in [0.29, 0.717) is 22.5 Å². The van der Waals surface area contributed by atoms with Gasteiger partial charge in [0.1, 0.15) is 0 Å². The van der Waals surface area contributed by atoms with Crippen molar-refractivity contribution < 1.29 is 9.59 Å². The van der Waals surface area contributed by atoms with Crippen LogP contribution in [0.5, 0.6) is 0 Å². The fourth-order valence-electron chi connectivity index (χ4n) is 2.91. The van der Waals surface area contributed by atoms with E-state index < -0.39 is 0 Å². The summed E-state index contributed by atoms with van der Waals surface area (Å²) in [4.78, 5) is 32.3. The number of nitrogens with one attached hydrogen (secondary N) is 2. The second-order valence-electron chi connectivity index (χ2n) is 6.53. The average molecular weight is 394 g/mol. The summed E-state index contributed by atoms with van der Waals surface area (Å²) in [5.41, 5.74) is 4.54. The van der Waals surface area contributed by atoms with Crippen molar-refractivity contribution >= 4 is 23.2 Å². The van der Waals surface area contributed by atoms with Gasteiger partial charge in [0, 0.05) is 47.3 Å². The number of anilines is 2. The van der Waals surface area contributed by atoms with Crippen molar-refractivity contribution in [2.45, 2.75) is 0 Å². The maximum atomic E-state index is 12.2. The van der Waals surface area contributed by atoms with Crippen LogP contribution in [0.15, 0.2) is 97.6 Å². The van der Waals surface area contributed by atoms with Crippen LogP contribution in [0.1, 0.15) is 20.7 Å².